The van der Waals surface area contributed by atoms with E-state index >= 15 is 0 Å². The van der Waals surface area contributed by atoms with Crippen LogP contribution in [-0.4, -0.2) is 29.1 Å². The fourth-order valence-corrected chi connectivity index (χ4v) is 2.10. The van der Waals surface area contributed by atoms with Crippen molar-refractivity contribution in [2.45, 2.75) is 18.9 Å². The third-order valence-corrected chi connectivity index (χ3v) is 3.44. The first-order valence-electron chi connectivity index (χ1n) is 4.98. The molecule has 3 N–H and O–H groups in total. The van der Waals surface area contributed by atoms with E-state index in [4.69, 9.17) is 0 Å². The molecule has 0 aliphatic carbocycles. The molecule has 0 spiro atoms. The molecule has 1 aliphatic rings. The maximum Gasteiger partial charge on any atom is 0.266 e. The van der Waals surface area contributed by atoms with Crippen LogP contribution in [0.2, 0.25) is 0 Å². The zero-order chi connectivity index (χ0) is 10.7. The minimum Gasteiger partial charge on any atom is -0.365 e. The lowest BCUT2D eigenvalue weighted by molar-refractivity contribution is 0.478. The van der Waals surface area contributed by atoms with Crippen LogP contribution in [0.25, 0.3) is 0 Å². The fourth-order valence-electron chi connectivity index (χ4n) is 1.65. The summed E-state index contributed by atoms with van der Waals surface area (Å²) in [6.45, 7) is 2.02. The smallest absolute Gasteiger partial charge is 0.266 e. The van der Waals surface area contributed by atoms with E-state index in [1.807, 2.05) is 22.6 Å². The van der Waals surface area contributed by atoms with Crippen molar-refractivity contribution >= 4 is 28.4 Å². The van der Waals surface area contributed by atoms with E-state index in [0.29, 0.717) is 15.4 Å². The van der Waals surface area contributed by atoms with E-state index < -0.39 is 0 Å². The lowest BCUT2D eigenvalue weighted by Gasteiger charge is -2.24. The average Bonchev–Trinajstić information content (AvgIpc) is 2.26. The summed E-state index contributed by atoms with van der Waals surface area (Å²) in [7, 11) is 0. The van der Waals surface area contributed by atoms with Gasteiger partial charge in [-0.2, -0.15) is 0 Å². The Morgan fingerprint density at radius 2 is 2.47 bits per heavy atom. The van der Waals surface area contributed by atoms with Gasteiger partial charge in [-0.3, -0.25) is 4.79 Å². The Bertz CT molecular complexity index is 386. The van der Waals surface area contributed by atoms with Gasteiger partial charge in [-0.05, 0) is 42.0 Å². The van der Waals surface area contributed by atoms with Crippen LogP contribution >= 0.6 is 22.6 Å². The van der Waals surface area contributed by atoms with Crippen molar-refractivity contribution in [2.24, 2.45) is 0 Å². The van der Waals surface area contributed by atoms with Crippen molar-refractivity contribution in [1.82, 2.24) is 15.3 Å². The standard InChI is InChI=1S/C9H13IN4O/c10-7-8(12-5-13-9(7)15)14-6-2-1-3-11-4-6/h5-6,11H,1-4H2,(H2,12,13,14,15). The van der Waals surface area contributed by atoms with Crippen LogP contribution in [0.1, 0.15) is 12.8 Å². The predicted molar refractivity (Wildman–Crippen MR) is 67.1 cm³/mol. The van der Waals surface area contributed by atoms with Crippen LogP contribution in [0.5, 0.6) is 0 Å². The number of nitrogens with one attached hydrogen (secondary N) is 3. The highest BCUT2D eigenvalue weighted by Crippen LogP contribution is 2.13. The molecule has 0 aromatic carbocycles. The number of anilines is 1. The first kappa shape index (κ1) is 10.9. The van der Waals surface area contributed by atoms with Gasteiger partial charge in [0.1, 0.15) is 9.39 Å². The number of rotatable bonds is 2. The van der Waals surface area contributed by atoms with E-state index in [0.717, 1.165) is 25.9 Å². The molecule has 1 unspecified atom stereocenters. The van der Waals surface area contributed by atoms with Gasteiger partial charge in [0.2, 0.25) is 0 Å². The second-order valence-electron chi connectivity index (χ2n) is 3.58. The quantitative estimate of drug-likeness (QED) is 0.696. The van der Waals surface area contributed by atoms with Crippen LogP contribution in [0.4, 0.5) is 5.82 Å². The van der Waals surface area contributed by atoms with Crippen LogP contribution in [-0.2, 0) is 0 Å². The van der Waals surface area contributed by atoms with E-state index in [-0.39, 0.29) is 5.56 Å². The maximum absolute atomic E-state index is 11.3. The van der Waals surface area contributed by atoms with Gasteiger partial charge in [0.05, 0.1) is 6.33 Å². The van der Waals surface area contributed by atoms with Gasteiger partial charge in [0.25, 0.3) is 5.56 Å². The molecule has 5 nitrogen and oxygen atoms in total. The van der Waals surface area contributed by atoms with Crippen molar-refractivity contribution in [2.75, 3.05) is 18.4 Å². The van der Waals surface area contributed by atoms with E-state index in [1.54, 1.807) is 0 Å². The molecule has 1 atom stereocenters. The third-order valence-electron chi connectivity index (χ3n) is 2.43. The molecule has 1 fully saturated rings. The SMILES string of the molecule is O=c1[nH]cnc(NC2CCCNC2)c1I. The summed E-state index contributed by atoms with van der Waals surface area (Å²) in [4.78, 5) is 18.0. The second kappa shape index (κ2) is 4.93. The molecular formula is C9H13IN4O. The van der Waals surface area contributed by atoms with Gasteiger partial charge >= 0.3 is 0 Å². The number of nitrogens with zero attached hydrogens (tertiary/aromatic N) is 1. The Balaban J connectivity index is 2.09. The van der Waals surface area contributed by atoms with E-state index in [1.165, 1.54) is 6.33 Å². The Morgan fingerprint density at radius 1 is 1.60 bits per heavy atom. The molecule has 0 saturated carbocycles. The van der Waals surface area contributed by atoms with Crippen LogP contribution in [0.15, 0.2) is 11.1 Å². The Hall–Kier alpha value is -0.630. The van der Waals surface area contributed by atoms with Gasteiger partial charge in [-0.25, -0.2) is 4.98 Å². The lowest BCUT2D eigenvalue weighted by atomic mass is 10.1. The minimum absolute atomic E-state index is 0.0862. The Kier molecular flexibility index (Phi) is 3.57. The molecule has 1 aromatic heterocycles. The first-order valence-corrected chi connectivity index (χ1v) is 6.05. The molecule has 2 heterocycles. The first-order chi connectivity index (χ1) is 7.27. The topological polar surface area (TPSA) is 69.8 Å². The van der Waals surface area contributed by atoms with Gasteiger partial charge in [-0.1, -0.05) is 0 Å². The number of aromatic nitrogens is 2. The van der Waals surface area contributed by atoms with Crippen molar-refractivity contribution in [3.63, 3.8) is 0 Å². The van der Waals surface area contributed by atoms with Crippen LogP contribution in [0, 0.1) is 3.57 Å². The molecular weight excluding hydrogens is 307 g/mol. The van der Waals surface area contributed by atoms with E-state index in [9.17, 15) is 4.79 Å². The molecule has 6 heteroatoms. The molecule has 82 valence electrons. The van der Waals surface area contributed by atoms with Gasteiger partial charge < -0.3 is 15.6 Å². The Labute approximate surface area is 101 Å². The van der Waals surface area contributed by atoms with Crippen molar-refractivity contribution in [1.29, 1.82) is 0 Å². The summed E-state index contributed by atoms with van der Waals surface area (Å²) >= 11 is 2.01. The molecule has 1 aliphatic heterocycles. The molecule has 15 heavy (non-hydrogen) atoms. The second-order valence-corrected chi connectivity index (χ2v) is 4.66. The number of piperidine rings is 1. The van der Waals surface area contributed by atoms with Gasteiger partial charge in [0.15, 0.2) is 0 Å². The molecule has 1 saturated heterocycles. The van der Waals surface area contributed by atoms with Crippen molar-refractivity contribution in [3.8, 4) is 0 Å². The number of H-pyrrole nitrogens is 1. The zero-order valence-corrected chi connectivity index (χ0v) is 10.4. The zero-order valence-electron chi connectivity index (χ0n) is 8.22. The lowest BCUT2D eigenvalue weighted by Crippen LogP contribution is -2.39. The fraction of sp³-hybridized carbons (Fsp3) is 0.556. The van der Waals surface area contributed by atoms with Gasteiger partial charge in [0, 0.05) is 12.6 Å². The minimum atomic E-state index is -0.0862. The predicted octanol–water partition coefficient (Wildman–Crippen LogP) is 0.538. The largest absolute Gasteiger partial charge is 0.365 e. The monoisotopic (exact) mass is 320 g/mol. The summed E-state index contributed by atoms with van der Waals surface area (Å²) in [6, 6.07) is 0.376. The van der Waals surface area contributed by atoms with Crippen LogP contribution < -0.4 is 16.2 Å². The summed E-state index contributed by atoms with van der Waals surface area (Å²) in [5.41, 5.74) is -0.0862. The molecule has 0 radical (unpaired) electrons. The summed E-state index contributed by atoms with van der Waals surface area (Å²) < 4.78 is 0.626. The summed E-state index contributed by atoms with van der Waals surface area (Å²) in [5, 5.41) is 6.60. The number of hydrogen-bond donors (Lipinski definition) is 3. The number of aromatic amines is 1. The molecule has 0 amide bonds. The highest BCUT2D eigenvalue weighted by atomic mass is 127. The summed E-state index contributed by atoms with van der Waals surface area (Å²) in [5.74, 6) is 0.688. The highest BCUT2D eigenvalue weighted by Gasteiger charge is 2.14. The van der Waals surface area contributed by atoms with E-state index in [2.05, 4.69) is 20.6 Å². The molecule has 2 rings (SSSR count). The number of halogens is 1. The maximum atomic E-state index is 11.3. The Morgan fingerprint density at radius 3 is 3.20 bits per heavy atom. The van der Waals surface area contributed by atoms with Crippen molar-refractivity contribution in [3.05, 3.63) is 20.3 Å². The van der Waals surface area contributed by atoms with Crippen molar-refractivity contribution < 1.29 is 0 Å². The normalized spacial score (nSPS) is 21.3. The average molecular weight is 320 g/mol. The highest BCUT2D eigenvalue weighted by molar-refractivity contribution is 14.1. The number of hydrogen-bond acceptors (Lipinski definition) is 4. The third kappa shape index (κ3) is 2.69. The van der Waals surface area contributed by atoms with Crippen LogP contribution in [0.3, 0.4) is 0 Å². The van der Waals surface area contributed by atoms with Gasteiger partial charge in [-0.15, -0.1) is 0 Å². The molecule has 1 aromatic rings. The summed E-state index contributed by atoms with van der Waals surface area (Å²) in [6.07, 6.45) is 3.72. The molecule has 0 bridgehead atoms.